The van der Waals surface area contributed by atoms with Crippen LogP contribution < -0.4 is 0 Å². The first-order valence-electron chi connectivity index (χ1n) is 4.62. The number of thiophene rings is 1. The van der Waals surface area contributed by atoms with Crippen LogP contribution in [-0.4, -0.2) is 6.61 Å². The lowest BCUT2D eigenvalue weighted by molar-refractivity contribution is 0.114. The summed E-state index contributed by atoms with van der Waals surface area (Å²) in [6, 6.07) is 6.13. The third kappa shape index (κ3) is 1.26. The van der Waals surface area contributed by atoms with Crippen LogP contribution in [-0.2, 0) is 17.8 Å². The molecular weight excluding hydrogens is 216 g/mol. The highest BCUT2D eigenvalue weighted by atomic mass is 35.5. The van der Waals surface area contributed by atoms with E-state index < -0.39 is 0 Å². The quantitative estimate of drug-likeness (QED) is 0.664. The fourth-order valence-electron chi connectivity index (χ4n) is 1.90. The summed E-state index contributed by atoms with van der Waals surface area (Å²) in [7, 11) is 0. The summed E-state index contributed by atoms with van der Waals surface area (Å²) in [5.74, 6) is 0. The maximum absolute atomic E-state index is 5.96. The summed E-state index contributed by atoms with van der Waals surface area (Å²) >= 11 is 7.76. The van der Waals surface area contributed by atoms with Crippen LogP contribution >= 0.6 is 22.9 Å². The van der Waals surface area contributed by atoms with Crippen LogP contribution in [0.25, 0.3) is 10.1 Å². The molecule has 0 atom stereocenters. The minimum absolute atomic E-state index is 0.770. The van der Waals surface area contributed by atoms with E-state index in [1.807, 2.05) is 12.1 Å². The van der Waals surface area contributed by atoms with Crippen LogP contribution in [0.4, 0.5) is 0 Å². The van der Waals surface area contributed by atoms with E-state index in [-0.39, 0.29) is 0 Å². The van der Waals surface area contributed by atoms with Gasteiger partial charge < -0.3 is 4.74 Å². The summed E-state index contributed by atoms with van der Waals surface area (Å²) < 4.78 is 6.72. The molecular formula is C11H9ClOS. The van der Waals surface area contributed by atoms with E-state index in [1.54, 1.807) is 11.3 Å². The van der Waals surface area contributed by atoms with Gasteiger partial charge in [-0.2, -0.15) is 0 Å². The second kappa shape index (κ2) is 3.23. The smallest absolute Gasteiger partial charge is 0.0812 e. The van der Waals surface area contributed by atoms with Crippen LogP contribution in [0.15, 0.2) is 18.2 Å². The first-order chi connectivity index (χ1) is 6.84. The second-order valence-corrected chi connectivity index (χ2v) is 5.02. The monoisotopic (exact) mass is 224 g/mol. The summed E-state index contributed by atoms with van der Waals surface area (Å²) in [6.45, 7) is 1.62. The lowest BCUT2D eigenvalue weighted by Crippen LogP contribution is -2.06. The van der Waals surface area contributed by atoms with Crippen molar-refractivity contribution in [3.8, 4) is 0 Å². The second-order valence-electron chi connectivity index (χ2n) is 3.45. The molecule has 0 amide bonds. The Balaban J connectivity index is 2.31. The molecule has 1 aliphatic rings. The van der Waals surface area contributed by atoms with Gasteiger partial charge in [-0.05, 0) is 29.5 Å². The van der Waals surface area contributed by atoms with Crippen LogP contribution in [0.2, 0.25) is 5.02 Å². The van der Waals surface area contributed by atoms with Gasteiger partial charge in [-0.1, -0.05) is 17.7 Å². The molecule has 1 aromatic carbocycles. The number of benzene rings is 1. The normalized spacial score (nSPS) is 15.8. The Bertz CT molecular complexity index is 489. The lowest BCUT2D eigenvalue weighted by Gasteiger charge is -2.11. The topological polar surface area (TPSA) is 9.23 Å². The zero-order valence-corrected chi connectivity index (χ0v) is 9.12. The van der Waals surface area contributed by atoms with E-state index in [9.17, 15) is 0 Å². The van der Waals surface area contributed by atoms with Crippen molar-refractivity contribution in [3.63, 3.8) is 0 Å². The lowest BCUT2D eigenvalue weighted by atomic mass is 10.1. The molecule has 1 aliphatic heterocycles. The Morgan fingerprint density at radius 3 is 3.21 bits per heavy atom. The van der Waals surface area contributed by atoms with Crippen molar-refractivity contribution in [2.75, 3.05) is 6.61 Å². The predicted octanol–water partition coefficient (Wildman–Crippen LogP) is 3.63. The standard InChI is InChI=1S/C11H9ClOS/c12-7-1-2-8-9-3-4-13-6-11(9)14-10(8)5-7/h1-2,5H,3-4,6H2. The summed E-state index contributed by atoms with van der Waals surface area (Å²) in [5, 5.41) is 2.18. The highest BCUT2D eigenvalue weighted by Gasteiger charge is 2.15. The van der Waals surface area contributed by atoms with Gasteiger partial charge in [-0.15, -0.1) is 11.3 Å². The van der Waals surface area contributed by atoms with Crippen molar-refractivity contribution >= 4 is 33.0 Å². The third-order valence-electron chi connectivity index (χ3n) is 2.57. The average Bonchev–Trinajstić information content (AvgIpc) is 2.54. The predicted molar refractivity (Wildman–Crippen MR) is 60.2 cm³/mol. The third-order valence-corrected chi connectivity index (χ3v) is 3.97. The van der Waals surface area contributed by atoms with Gasteiger partial charge in [0.2, 0.25) is 0 Å². The van der Waals surface area contributed by atoms with Gasteiger partial charge in [0.25, 0.3) is 0 Å². The minimum Gasteiger partial charge on any atom is -0.376 e. The van der Waals surface area contributed by atoms with Crippen molar-refractivity contribution in [3.05, 3.63) is 33.7 Å². The van der Waals surface area contributed by atoms with E-state index >= 15 is 0 Å². The SMILES string of the molecule is Clc1ccc2c3c(sc2c1)COCC3. The maximum atomic E-state index is 5.96. The Labute approximate surface area is 91.3 Å². The Hall–Kier alpha value is -0.570. The van der Waals surface area contributed by atoms with Gasteiger partial charge in [0, 0.05) is 14.6 Å². The molecule has 0 fully saturated rings. The zero-order chi connectivity index (χ0) is 9.54. The Morgan fingerprint density at radius 2 is 2.29 bits per heavy atom. The fraction of sp³-hybridized carbons (Fsp3) is 0.273. The molecule has 0 bridgehead atoms. The van der Waals surface area contributed by atoms with Gasteiger partial charge in [0.05, 0.1) is 13.2 Å². The van der Waals surface area contributed by atoms with Gasteiger partial charge in [-0.3, -0.25) is 0 Å². The zero-order valence-electron chi connectivity index (χ0n) is 7.55. The Morgan fingerprint density at radius 1 is 1.36 bits per heavy atom. The highest BCUT2D eigenvalue weighted by Crippen LogP contribution is 2.35. The van der Waals surface area contributed by atoms with E-state index in [2.05, 4.69) is 6.07 Å². The van der Waals surface area contributed by atoms with E-state index in [4.69, 9.17) is 16.3 Å². The largest absolute Gasteiger partial charge is 0.376 e. The number of hydrogen-bond acceptors (Lipinski definition) is 2. The fourth-order valence-corrected chi connectivity index (χ4v) is 3.37. The molecule has 1 nitrogen and oxygen atoms in total. The van der Waals surface area contributed by atoms with Gasteiger partial charge in [0.15, 0.2) is 0 Å². The van der Waals surface area contributed by atoms with Gasteiger partial charge in [-0.25, -0.2) is 0 Å². The number of fused-ring (bicyclic) bond motifs is 3. The summed E-state index contributed by atoms with van der Waals surface area (Å²) in [6.07, 6.45) is 1.04. The molecule has 3 rings (SSSR count). The van der Waals surface area contributed by atoms with Crippen LogP contribution in [0.3, 0.4) is 0 Å². The molecule has 0 N–H and O–H groups in total. The van der Waals surface area contributed by atoms with E-state index in [0.29, 0.717) is 0 Å². The van der Waals surface area contributed by atoms with Crippen molar-refractivity contribution in [1.29, 1.82) is 0 Å². The maximum Gasteiger partial charge on any atom is 0.0812 e. The Kier molecular flexibility index (Phi) is 2.01. The number of hydrogen-bond donors (Lipinski definition) is 0. The molecule has 0 saturated heterocycles. The molecule has 72 valence electrons. The number of ether oxygens (including phenoxy) is 1. The van der Waals surface area contributed by atoms with Crippen molar-refractivity contribution in [2.45, 2.75) is 13.0 Å². The molecule has 0 radical (unpaired) electrons. The van der Waals surface area contributed by atoms with Crippen LogP contribution in [0.1, 0.15) is 10.4 Å². The van der Waals surface area contributed by atoms with E-state index in [0.717, 1.165) is 24.7 Å². The highest BCUT2D eigenvalue weighted by molar-refractivity contribution is 7.19. The molecule has 2 heterocycles. The summed E-state index contributed by atoms with van der Waals surface area (Å²) in [4.78, 5) is 1.37. The van der Waals surface area contributed by atoms with Crippen LogP contribution in [0, 0.1) is 0 Å². The molecule has 2 aromatic rings. The molecule has 1 aromatic heterocycles. The number of halogens is 1. The summed E-state index contributed by atoms with van der Waals surface area (Å²) in [5.41, 5.74) is 1.47. The van der Waals surface area contributed by atoms with Crippen molar-refractivity contribution < 1.29 is 4.74 Å². The van der Waals surface area contributed by atoms with Crippen LogP contribution in [0.5, 0.6) is 0 Å². The van der Waals surface area contributed by atoms with Gasteiger partial charge >= 0.3 is 0 Å². The first kappa shape index (κ1) is 8.72. The first-order valence-corrected chi connectivity index (χ1v) is 5.81. The number of rotatable bonds is 0. The molecule has 3 heteroatoms. The van der Waals surface area contributed by atoms with Crippen molar-refractivity contribution in [1.82, 2.24) is 0 Å². The molecule has 0 unspecified atom stereocenters. The van der Waals surface area contributed by atoms with Crippen molar-refractivity contribution in [2.24, 2.45) is 0 Å². The molecule has 0 saturated carbocycles. The average molecular weight is 225 g/mol. The minimum atomic E-state index is 0.770. The van der Waals surface area contributed by atoms with E-state index in [1.165, 1.54) is 20.5 Å². The van der Waals surface area contributed by atoms with Gasteiger partial charge in [0.1, 0.15) is 0 Å². The molecule has 0 spiro atoms. The molecule has 0 aliphatic carbocycles. The molecule has 14 heavy (non-hydrogen) atoms.